The summed E-state index contributed by atoms with van der Waals surface area (Å²) in [6.07, 6.45) is 4.03. The van der Waals surface area contributed by atoms with Gasteiger partial charge in [0.2, 0.25) is 5.91 Å². The predicted molar refractivity (Wildman–Crippen MR) is 133 cm³/mol. The Balaban J connectivity index is 1.29. The summed E-state index contributed by atoms with van der Waals surface area (Å²) in [5.41, 5.74) is 2.43. The first-order chi connectivity index (χ1) is 16.3. The summed E-state index contributed by atoms with van der Waals surface area (Å²) >= 11 is 0. The van der Waals surface area contributed by atoms with Crippen LogP contribution in [0.1, 0.15) is 35.2 Å². The van der Waals surface area contributed by atoms with Crippen molar-refractivity contribution in [2.45, 2.75) is 30.6 Å². The molecule has 0 atom stereocenters. The lowest BCUT2D eigenvalue weighted by Crippen LogP contribution is -2.45. The van der Waals surface area contributed by atoms with Gasteiger partial charge < -0.3 is 9.80 Å². The lowest BCUT2D eigenvalue weighted by molar-refractivity contribution is -0.123. The van der Waals surface area contributed by atoms with Gasteiger partial charge in [0.05, 0.1) is 4.90 Å². The molecule has 7 heteroatoms. The number of rotatable bonds is 3. The number of anilines is 1. The second-order valence-electron chi connectivity index (χ2n) is 9.25. The smallest absolute Gasteiger partial charge is 0.254 e. The molecule has 0 N–H and O–H groups in total. The monoisotopic (exact) mass is 476 g/mol. The van der Waals surface area contributed by atoms with Crippen molar-refractivity contribution in [1.82, 2.24) is 4.90 Å². The van der Waals surface area contributed by atoms with Crippen LogP contribution in [-0.2, 0) is 21.1 Å². The molecule has 1 saturated heterocycles. The second-order valence-corrected chi connectivity index (χ2v) is 11.3. The molecule has 3 aromatic rings. The van der Waals surface area contributed by atoms with Gasteiger partial charge in [-0.3, -0.25) is 9.59 Å². The summed E-state index contributed by atoms with van der Waals surface area (Å²) < 4.78 is 23.9. The van der Waals surface area contributed by atoms with Crippen LogP contribution < -0.4 is 4.90 Å². The SMILES string of the molecule is CS(=O)(=O)c1ccc2c(c1)CCCN2C(=O)C1CCN(C(=O)c2cccc3ccccc23)CC1. The molecule has 2 aliphatic rings. The van der Waals surface area contributed by atoms with Crippen molar-refractivity contribution in [1.29, 1.82) is 0 Å². The molecule has 0 aromatic heterocycles. The van der Waals surface area contributed by atoms with Gasteiger partial charge >= 0.3 is 0 Å². The van der Waals surface area contributed by atoms with Crippen LogP contribution in [0.3, 0.4) is 0 Å². The van der Waals surface area contributed by atoms with E-state index >= 15 is 0 Å². The Morgan fingerprint density at radius 3 is 2.41 bits per heavy atom. The topological polar surface area (TPSA) is 74.8 Å². The molecule has 0 aliphatic carbocycles. The maximum absolute atomic E-state index is 13.4. The van der Waals surface area contributed by atoms with Crippen LogP contribution >= 0.6 is 0 Å². The van der Waals surface area contributed by atoms with E-state index in [0.29, 0.717) is 42.9 Å². The summed E-state index contributed by atoms with van der Waals surface area (Å²) in [7, 11) is -3.29. The van der Waals surface area contributed by atoms with Crippen molar-refractivity contribution in [2.24, 2.45) is 5.92 Å². The number of benzene rings is 3. The Morgan fingerprint density at radius 2 is 1.65 bits per heavy atom. The molecule has 34 heavy (non-hydrogen) atoms. The summed E-state index contributed by atoms with van der Waals surface area (Å²) in [4.78, 5) is 30.6. The predicted octanol–water partition coefficient (Wildman–Crippen LogP) is 4.07. The van der Waals surface area contributed by atoms with E-state index in [2.05, 4.69) is 0 Å². The van der Waals surface area contributed by atoms with Crippen LogP contribution in [-0.4, -0.2) is 51.0 Å². The molecule has 6 nitrogen and oxygen atoms in total. The highest BCUT2D eigenvalue weighted by Crippen LogP contribution is 2.32. The summed E-state index contributed by atoms with van der Waals surface area (Å²) in [5.74, 6) is -0.0539. The molecule has 0 spiro atoms. The molecule has 2 aliphatic heterocycles. The third-order valence-corrected chi connectivity index (χ3v) is 8.13. The molecular formula is C27H28N2O4S. The average molecular weight is 477 g/mol. The normalized spacial score (nSPS) is 17.0. The van der Waals surface area contributed by atoms with Crippen LogP contribution in [0.25, 0.3) is 10.8 Å². The number of carbonyl (C=O) groups excluding carboxylic acids is 2. The molecule has 176 valence electrons. The van der Waals surface area contributed by atoms with Crippen LogP contribution in [0.4, 0.5) is 5.69 Å². The van der Waals surface area contributed by atoms with E-state index in [0.717, 1.165) is 34.9 Å². The minimum atomic E-state index is -3.29. The van der Waals surface area contributed by atoms with E-state index in [1.54, 1.807) is 18.2 Å². The number of amides is 2. The summed E-state index contributed by atoms with van der Waals surface area (Å²) in [5, 5.41) is 1.99. The van der Waals surface area contributed by atoms with E-state index in [-0.39, 0.29) is 17.7 Å². The third-order valence-electron chi connectivity index (χ3n) is 7.02. The van der Waals surface area contributed by atoms with Crippen LogP contribution in [0.15, 0.2) is 65.6 Å². The number of sulfone groups is 1. The Bertz CT molecular complexity index is 1370. The molecule has 5 rings (SSSR count). The lowest BCUT2D eigenvalue weighted by atomic mass is 9.92. The quantitative estimate of drug-likeness (QED) is 0.571. The Morgan fingerprint density at radius 1 is 0.912 bits per heavy atom. The molecule has 1 fully saturated rings. The van der Waals surface area contributed by atoms with Gasteiger partial charge in [0.25, 0.3) is 5.91 Å². The van der Waals surface area contributed by atoms with E-state index in [1.165, 1.54) is 6.26 Å². The first-order valence-corrected chi connectivity index (χ1v) is 13.6. The summed E-state index contributed by atoms with van der Waals surface area (Å²) in [6.45, 7) is 1.73. The van der Waals surface area contributed by atoms with E-state index < -0.39 is 9.84 Å². The van der Waals surface area contributed by atoms with E-state index in [4.69, 9.17) is 0 Å². The van der Waals surface area contributed by atoms with Crippen molar-refractivity contribution in [2.75, 3.05) is 30.8 Å². The molecule has 0 bridgehead atoms. The van der Waals surface area contributed by atoms with E-state index in [1.807, 2.05) is 52.3 Å². The fourth-order valence-electron chi connectivity index (χ4n) is 5.17. The van der Waals surface area contributed by atoms with E-state index in [9.17, 15) is 18.0 Å². The zero-order chi connectivity index (χ0) is 23.9. The van der Waals surface area contributed by atoms with Crippen LogP contribution in [0.2, 0.25) is 0 Å². The maximum Gasteiger partial charge on any atom is 0.254 e. The molecule has 2 heterocycles. The zero-order valence-corrected chi connectivity index (χ0v) is 20.1. The Labute approximate surface area is 200 Å². The maximum atomic E-state index is 13.4. The molecule has 0 saturated carbocycles. The largest absolute Gasteiger partial charge is 0.339 e. The molecule has 2 amide bonds. The van der Waals surface area contributed by atoms with Crippen molar-refractivity contribution in [3.63, 3.8) is 0 Å². The minimum absolute atomic E-state index is 0.0133. The zero-order valence-electron chi connectivity index (χ0n) is 19.2. The number of likely N-dealkylation sites (tertiary alicyclic amines) is 1. The number of nitrogens with zero attached hydrogens (tertiary/aromatic N) is 2. The highest BCUT2D eigenvalue weighted by molar-refractivity contribution is 7.90. The number of aryl methyl sites for hydroxylation is 1. The fourth-order valence-corrected chi connectivity index (χ4v) is 5.84. The van der Waals surface area contributed by atoms with Gasteiger partial charge in [-0.15, -0.1) is 0 Å². The third kappa shape index (κ3) is 4.20. The second kappa shape index (κ2) is 8.87. The molecule has 0 radical (unpaired) electrons. The number of piperidine rings is 1. The minimum Gasteiger partial charge on any atom is -0.339 e. The highest BCUT2D eigenvalue weighted by atomic mass is 32.2. The average Bonchev–Trinajstić information content (AvgIpc) is 2.86. The van der Waals surface area contributed by atoms with Crippen molar-refractivity contribution >= 4 is 38.1 Å². The van der Waals surface area contributed by atoms with Crippen molar-refractivity contribution in [3.05, 3.63) is 71.8 Å². The van der Waals surface area contributed by atoms with Gasteiger partial charge in [0, 0.05) is 43.1 Å². The number of fused-ring (bicyclic) bond motifs is 2. The lowest BCUT2D eigenvalue weighted by Gasteiger charge is -2.36. The molecule has 0 unspecified atom stereocenters. The number of carbonyl (C=O) groups is 2. The van der Waals surface area contributed by atoms with Gasteiger partial charge in [0.15, 0.2) is 9.84 Å². The van der Waals surface area contributed by atoms with Crippen LogP contribution in [0, 0.1) is 5.92 Å². The van der Waals surface area contributed by atoms with Gasteiger partial charge in [-0.2, -0.15) is 0 Å². The fraction of sp³-hybridized carbons (Fsp3) is 0.333. The summed E-state index contributed by atoms with van der Waals surface area (Å²) in [6, 6.07) is 18.7. The van der Waals surface area contributed by atoms with Gasteiger partial charge in [-0.1, -0.05) is 36.4 Å². The van der Waals surface area contributed by atoms with Crippen molar-refractivity contribution < 1.29 is 18.0 Å². The highest BCUT2D eigenvalue weighted by Gasteiger charge is 2.33. The number of hydrogen-bond acceptors (Lipinski definition) is 4. The number of hydrogen-bond donors (Lipinski definition) is 0. The van der Waals surface area contributed by atoms with Gasteiger partial charge in [0.1, 0.15) is 0 Å². The van der Waals surface area contributed by atoms with Gasteiger partial charge in [-0.25, -0.2) is 8.42 Å². The Kier molecular flexibility index (Phi) is 5.90. The Hall–Kier alpha value is -3.19. The first kappa shape index (κ1) is 22.6. The van der Waals surface area contributed by atoms with Crippen molar-refractivity contribution in [3.8, 4) is 0 Å². The standard InChI is InChI=1S/C27H28N2O4S/c1-34(32,33)22-11-12-25-21(18-22)8-5-15-29(25)26(30)20-13-16-28(17-14-20)27(31)24-10-4-7-19-6-2-3-9-23(19)24/h2-4,6-7,9-12,18,20H,5,8,13-17H2,1H3. The van der Waals surface area contributed by atoms with Crippen LogP contribution in [0.5, 0.6) is 0 Å². The molecular weight excluding hydrogens is 448 g/mol. The first-order valence-electron chi connectivity index (χ1n) is 11.7. The van der Waals surface area contributed by atoms with Gasteiger partial charge in [-0.05, 0) is 66.3 Å². The molecule has 3 aromatic carbocycles.